The Morgan fingerprint density at radius 3 is 2.87 bits per heavy atom. The molecule has 3 aromatic heterocycles. The molecule has 8 nitrogen and oxygen atoms in total. The summed E-state index contributed by atoms with van der Waals surface area (Å²) in [5.74, 6) is 0.574. The van der Waals surface area contributed by atoms with Gasteiger partial charge in [0.25, 0.3) is 0 Å². The summed E-state index contributed by atoms with van der Waals surface area (Å²) in [7, 11) is 0. The molecule has 3 aromatic rings. The van der Waals surface area contributed by atoms with Gasteiger partial charge in [-0.25, -0.2) is 9.97 Å². The number of ether oxygens (including phenoxy) is 2. The third kappa shape index (κ3) is 4.26. The SMILES string of the molecule is C[C@@H]1CN(c2ccnc(COc3ncnc4[nH]cc(C5=CCOCC5)c34)c2)C[C@H](C)N1. The van der Waals surface area contributed by atoms with Crippen molar-refractivity contribution in [1.29, 1.82) is 0 Å². The number of nitrogens with one attached hydrogen (secondary N) is 2. The highest BCUT2D eigenvalue weighted by Crippen LogP contribution is 2.33. The maximum Gasteiger partial charge on any atom is 0.227 e. The van der Waals surface area contributed by atoms with Gasteiger partial charge in [0.1, 0.15) is 18.6 Å². The average Bonchev–Trinajstić information content (AvgIpc) is 3.23. The zero-order valence-corrected chi connectivity index (χ0v) is 18.0. The zero-order valence-electron chi connectivity index (χ0n) is 18.0. The number of hydrogen-bond donors (Lipinski definition) is 2. The van der Waals surface area contributed by atoms with Crippen LogP contribution < -0.4 is 15.0 Å². The predicted octanol–water partition coefficient (Wildman–Crippen LogP) is 2.92. The van der Waals surface area contributed by atoms with Gasteiger partial charge in [-0.2, -0.15) is 0 Å². The maximum absolute atomic E-state index is 6.16. The third-order valence-electron chi connectivity index (χ3n) is 5.82. The molecular formula is C23H28N6O2. The molecule has 2 atom stereocenters. The van der Waals surface area contributed by atoms with Crippen molar-refractivity contribution >= 4 is 22.3 Å². The lowest BCUT2D eigenvalue weighted by molar-refractivity contribution is 0.161. The van der Waals surface area contributed by atoms with Crippen LogP contribution in [0, 0.1) is 0 Å². The van der Waals surface area contributed by atoms with E-state index in [2.05, 4.69) is 62.2 Å². The molecule has 5 heterocycles. The second kappa shape index (κ2) is 8.64. The molecule has 1 fully saturated rings. The minimum Gasteiger partial charge on any atom is -0.471 e. The number of hydrogen-bond acceptors (Lipinski definition) is 7. The van der Waals surface area contributed by atoms with Crippen LogP contribution in [-0.4, -0.2) is 58.3 Å². The van der Waals surface area contributed by atoms with Gasteiger partial charge in [0.15, 0.2) is 0 Å². The first kappa shape index (κ1) is 20.0. The fourth-order valence-corrected chi connectivity index (χ4v) is 4.49. The lowest BCUT2D eigenvalue weighted by atomic mass is 10.0. The van der Waals surface area contributed by atoms with Crippen molar-refractivity contribution in [3.8, 4) is 5.88 Å². The predicted molar refractivity (Wildman–Crippen MR) is 120 cm³/mol. The Balaban J connectivity index is 1.37. The van der Waals surface area contributed by atoms with E-state index in [0.717, 1.165) is 48.4 Å². The molecule has 2 aliphatic heterocycles. The zero-order chi connectivity index (χ0) is 21.2. The Morgan fingerprint density at radius 1 is 1.19 bits per heavy atom. The second-order valence-corrected chi connectivity index (χ2v) is 8.33. The van der Waals surface area contributed by atoms with Gasteiger partial charge in [0.2, 0.25) is 5.88 Å². The molecule has 5 rings (SSSR count). The fraction of sp³-hybridized carbons (Fsp3) is 0.435. The van der Waals surface area contributed by atoms with E-state index < -0.39 is 0 Å². The Hall–Kier alpha value is -2.97. The molecule has 8 heteroatoms. The van der Waals surface area contributed by atoms with E-state index in [1.165, 1.54) is 17.6 Å². The van der Waals surface area contributed by atoms with Gasteiger partial charge < -0.3 is 24.7 Å². The highest BCUT2D eigenvalue weighted by molar-refractivity contribution is 5.94. The summed E-state index contributed by atoms with van der Waals surface area (Å²) in [5, 5.41) is 4.49. The molecule has 0 unspecified atom stereocenters. The molecule has 0 saturated carbocycles. The first-order valence-corrected chi connectivity index (χ1v) is 10.9. The summed E-state index contributed by atoms with van der Waals surface area (Å²) in [6, 6.07) is 5.09. The maximum atomic E-state index is 6.16. The van der Waals surface area contributed by atoms with Crippen molar-refractivity contribution in [2.45, 2.75) is 39.0 Å². The van der Waals surface area contributed by atoms with E-state index in [4.69, 9.17) is 9.47 Å². The summed E-state index contributed by atoms with van der Waals surface area (Å²) < 4.78 is 11.6. The number of H-pyrrole nitrogens is 1. The van der Waals surface area contributed by atoms with Gasteiger partial charge in [-0.05, 0) is 38.0 Å². The number of fused-ring (bicyclic) bond motifs is 1. The summed E-state index contributed by atoms with van der Waals surface area (Å²) >= 11 is 0. The Morgan fingerprint density at radius 2 is 2.06 bits per heavy atom. The normalized spacial score (nSPS) is 21.9. The number of aromatic amines is 1. The van der Waals surface area contributed by atoms with Crippen molar-refractivity contribution in [2.75, 3.05) is 31.2 Å². The van der Waals surface area contributed by atoms with E-state index in [1.54, 1.807) is 0 Å². The fourth-order valence-electron chi connectivity index (χ4n) is 4.49. The summed E-state index contributed by atoms with van der Waals surface area (Å²) in [4.78, 5) is 19.0. The van der Waals surface area contributed by atoms with Crippen LogP contribution >= 0.6 is 0 Å². The van der Waals surface area contributed by atoms with E-state index in [-0.39, 0.29) is 0 Å². The molecule has 1 saturated heterocycles. The quantitative estimate of drug-likeness (QED) is 0.656. The van der Waals surface area contributed by atoms with Crippen molar-refractivity contribution < 1.29 is 9.47 Å². The Labute approximate surface area is 181 Å². The van der Waals surface area contributed by atoms with Gasteiger partial charge in [0.05, 0.1) is 24.3 Å². The largest absolute Gasteiger partial charge is 0.471 e. The molecule has 0 bridgehead atoms. The van der Waals surface area contributed by atoms with Crippen LogP contribution in [0.3, 0.4) is 0 Å². The molecule has 0 aromatic carbocycles. The van der Waals surface area contributed by atoms with Gasteiger partial charge in [-0.1, -0.05) is 6.08 Å². The van der Waals surface area contributed by atoms with Crippen LogP contribution in [0.25, 0.3) is 16.6 Å². The molecule has 31 heavy (non-hydrogen) atoms. The van der Waals surface area contributed by atoms with Crippen molar-refractivity contribution in [1.82, 2.24) is 25.3 Å². The lowest BCUT2D eigenvalue weighted by Gasteiger charge is -2.37. The molecule has 162 valence electrons. The van der Waals surface area contributed by atoms with Crippen LogP contribution in [0.5, 0.6) is 5.88 Å². The second-order valence-electron chi connectivity index (χ2n) is 8.33. The minimum atomic E-state index is 0.351. The molecule has 2 N–H and O–H groups in total. The van der Waals surface area contributed by atoms with Crippen molar-refractivity contribution in [2.24, 2.45) is 0 Å². The lowest BCUT2D eigenvalue weighted by Crippen LogP contribution is -2.54. The van der Waals surface area contributed by atoms with Crippen LogP contribution in [0.1, 0.15) is 31.5 Å². The molecule has 0 amide bonds. The monoisotopic (exact) mass is 420 g/mol. The van der Waals surface area contributed by atoms with E-state index in [1.807, 2.05) is 12.4 Å². The number of aromatic nitrogens is 4. The molecular weight excluding hydrogens is 392 g/mol. The van der Waals surface area contributed by atoms with Crippen molar-refractivity contribution in [3.05, 3.63) is 48.2 Å². The van der Waals surface area contributed by atoms with E-state index in [9.17, 15) is 0 Å². The topological polar surface area (TPSA) is 88.2 Å². The summed E-state index contributed by atoms with van der Waals surface area (Å²) in [5.41, 5.74) is 5.15. The smallest absolute Gasteiger partial charge is 0.227 e. The third-order valence-corrected chi connectivity index (χ3v) is 5.82. The average molecular weight is 421 g/mol. The minimum absolute atomic E-state index is 0.351. The number of pyridine rings is 1. The van der Waals surface area contributed by atoms with Gasteiger partial charge >= 0.3 is 0 Å². The highest BCUT2D eigenvalue weighted by Gasteiger charge is 2.22. The van der Waals surface area contributed by atoms with Gasteiger partial charge in [-0.15, -0.1) is 0 Å². The first-order chi connectivity index (χ1) is 15.2. The van der Waals surface area contributed by atoms with Crippen molar-refractivity contribution in [3.63, 3.8) is 0 Å². The van der Waals surface area contributed by atoms with Gasteiger partial charge in [-0.3, -0.25) is 4.98 Å². The Kier molecular flexibility index (Phi) is 5.57. The standard InChI is InChI=1S/C23H28N6O2/c1-15-11-29(12-16(2)28-15)19-3-6-24-18(9-19)13-31-23-21-20(17-4-7-30-8-5-17)10-25-22(21)26-14-27-23/h3-4,6,9-10,14-16,28H,5,7-8,11-13H2,1-2H3,(H,25,26,27)/t15-,16+. The van der Waals surface area contributed by atoms with Gasteiger partial charge in [0, 0.05) is 48.8 Å². The van der Waals surface area contributed by atoms with Crippen LogP contribution in [0.2, 0.25) is 0 Å². The number of rotatable bonds is 5. The molecule has 2 aliphatic rings. The van der Waals surface area contributed by atoms with Crippen LogP contribution in [-0.2, 0) is 11.3 Å². The Bertz CT molecular complexity index is 1080. The van der Waals surface area contributed by atoms with Crippen LogP contribution in [0.4, 0.5) is 5.69 Å². The first-order valence-electron chi connectivity index (χ1n) is 10.9. The summed E-state index contributed by atoms with van der Waals surface area (Å²) in [6.45, 7) is 8.10. The number of piperazine rings is 1. The number of anilines is 1. The molecule has 0 spiro atoms. The molecule has 0 aliphatic carbocycles. The number of nitrogens with zero attached hydrogens (tertiary/aromatic N) is 4. The van der Waals surface area contributed by atoms with Crippen LogP contribution in [0.15, 0.2) is 36.9 Å². The summed E-state index contributed by atoms with van der Waals surface area (Å²) in [6.07, 6.45) is 8.35. The highest BCUT2D eigenvalue weighted by atomic mass is 16.5. The van der Waals surface area contributed by atoms with E-state index >= 15 is 0 Å². The van der Waals surface area contributed by atoms with E-state index in [0.29, 0.717) is 31.2 Å². The molecule has 0 radical (unpaired) electrons.